The molecular formula is C17H20F2N2. The number of hydrogen-bond donors (Lipinski definition) is 1. The van der Waals surface area contributed by atoms with Gasteiger partial charge in [-0.15, -0.1) is 0 Å². The van der Waals surface area contributed by atoms with Crippen LogP contribution in [-0.4, -0.2) is 13.1 Å². The van der Waals surface area contributed by atoms with Gasteiger partial charge in [-0.05, 0) is 38.1 Å². The molecule has 0 heterocycles. The standard InChI is InChI=1S/C17H20F2N2/c1-13-3-7-16(8-4-13)21(10-2-9-20)12-14-5-6-15(18)11-17(14)19/h3-8,11H,2,9-10,12,20H2,1H3. The van der Waals surface area contributed by atoms with Crippen molar-refractivity contribution in [1.82, 2.24) is 0 Å². The molecule has 2 rings (SSSR count). The minimum absolute atomic E-state index is 0.398. The third kappa shape index (κ3) is 4.26. The molecule has 0 aromatic heterocycles. The second-order valence-electron chi connectivity index (χ2n) is 5.14. The summed E-state index contributed by atoms with van der Waals surface area (Å²) in [6, 6.07) is 11.8. The van der Waals surface area contributed by atoms with E-state index < -0.39 is 11.6 Å². The highest BCUT2D eigenvalue weighted by Gasteiger charge is 2.11. The molecule has 0 saturated heterocycles. The molecular weight excluding hydrogens is 270 g/mol. The zero-order valence-corrected chi connectivity index (χ0v) is 12.2. The Bertz CT molecular complexity index is 582. The molecule has 2 N–H and O–H groups in total. The smallest absolute Gasteiger partial charge is 0.131 e. The number of hydrogen-bond acceptors (Lipinski definition) is 2. The van der Waals surface area contributed by atoms with Crippen LogP contribution in [0, 0.1) is 18.6 Å². The summed E-state index contributed by atoms with van der Waals surface area (Å²) in [6.45, 7) is 3.73. The van der Waals surface area contributed by atoms with E-state index in [1.165, 1.54) is 17.7 Å². The fourth-order valence-corrected chi connectivity index (χ4v) is 2.19. The number of aryl methyl sites for hydroxylation is 1. The summed E-state index contributed by atoms with van der Waals surface area (Å²) in [7, 11) is 0. The van der Waals surface area contributed by atoms with Gasteiger partial charge < -0.3 is 10.6 Å². The van der Waals surface area contributed by atoms with Crippen LogP contribution in [0.5, 0.6) is 0 Å². The second kappa shape index (κ2) is 7.18. The first-order valence-corrected chi connectivity index (χ1v) is 7.06. The molecule has 0 atom stereocenters. The summed E-state index contributed by atoms with van der Waals surface area (Å²) in [5, 5.41) is 0. The Kier molecular flexibility index (Phi) is 5.28. The number of nitrogens with two attached hydrogens (primary N) is 1. The first-order valence-electron chi connectivity index (χ1n) is 7.06. The first-order chi connectivity index (χ1) is 10.1. The number of anilines is 1. The highest BCUT2D eigenvalue weighted by molar-refractivity contribution is 5.48. The third-order valence-electron chi connectivity index (χ3n) is 3.41. The van der Waals surface area contributed by atoms with E-state index >= 15 is 0 Å². The molecule has 21 heavy (non-hydrogen) atoms. The molecule has 4 heteroatoms. The van der Waals surface area contributed by atoms with Crippen molar-refractivity contribution in [2.24, 2.45) is 5.73 Å². The Labute approximate surface area is 124 Å². The van der Waals surface area contributed by atoms with Gasteiger partial charge in [-0.2, -0.15) is 0 Å². The number of rotatable bonds is 6. The lowest BCUT2D eigenvalue weighted by molar-refractivity contribution is 0.568. The van der Waals surface area contributed by atoms with Crippen molar-refractivity contribution in [3.05, 3.63) is 65.2 Å². The zero-order valence-electron chi connectivity index (χ0n) is 12.2. The van der Waals surface area contributed by atoms with Gasteiger partial charge in [0, 0.05) is 30.4 Å². The maximum atomic E-state index is 13.8. The molecule has 0 radical (unpaired) electrons. The highest BCUT2D eigenvalue weighted by atomic mass is 19.1. The molecule has 112 valence electrons. The Morgan fingerprint density at radius 1 is 1.05 bits per heavy atom. The van der Waals surface area contributed by atoms with Gasteiger partial charge in [0.15, 0.2) is 0 Å². The van der Waals surface area contributed by atoms with Crippen LogP contribution in [0.3, 0.4) is 0 Å². The van der Waals surface area contributed by atoms with Crippen LogP contribution in [0.25, 0.3) is 0 Å². The molecule has 2 nitrogen and oxygen atoms in total. The molecule has 0 bridgehead atoms. The molecule has 0 aliphatic heterocycles. The van der Waals surface area contributed by atoms with Crippen molar-refractivity contribution in [3.8, 4) is 0 Å². The average molecular weight is 290 g/mol. The number of halogens is 2. The van der Waals surface area contributed by atoms with Crippen molar-refractivity contribution in [3.63, 3.8) is 0 Å². The van der Waals surface area contributed by atoms with E-state index in [9.17, 15) is 8.78 Å². The predicted molar refractivity (Wildman–Crippen MR) is 82.3 cm³/mol. The predicted octanol–water partition coefficient (Wildman–Crippen LogP) is 3.63. The van der Waals surface area contributed by atoms with Gasteiger partial charge in [0.2, 0.25) is 0 Å². The molecule has 0 aliphatic rings. The molecule has 0 spiro atoms. The molecule has 0 saturated carbocycles. The second-order valence-corrected chi connectivity index (χ2v) is 5.14. The summed E-state index contributed by atoms with van der Waals surface area (Å²) in [4.78, 5) is 2.06. The first kappa shape index (κ1) is 15.4. The normalized spacial score (nSPS) is 10.7. The fourth-order valence-electron chi connectivity index (χ4n) is 2.19. The van der Waals surface area contributed by atoms with Crippen molar-refractivity contribution < 1.29 is 8.78 Å². The van der Waals surface area contributed by atoms with Gasteiger partial charge in [0.25, 0.3) is 0 Å². The van der Waals surface area contributed by atoms with E-state index in [0.29, 0.717) is 18.7 Å². The van der Waals surface area contributed by atoms with Crippen LogP contribution in [0.2, 0.25) is 0 Å². The SMILES string of the molecule is Cc1ccc(N(CCCN)Cc2ccc(F)cc2F)cc1. The van der Waals surface area contributed by atoms with Crippen LogP contribution < -0.4 is 10.6 Å². The number of benzene rings is 2. The van der Waals surface area contributed by atoms with Gasteiger partial charge >= 0.3 is 0 Å². The van der Waals surface area contributed by atoms with E-state index in [2.05, 4.69) is 4.90 Å². The van der Waals surface area contributed by atoms with E-state index in [4.69, 9.17) is 5.73 Å². The molecule has 0 unspecified atom stereocenters. The monoisotopic (exact) mass is 290 g/mol. The molecule has 0 fully saturated rings. The van der Waals surface area contributed by atoms with Crippen LogP contribution in [-0.2, 0) is 6.54 Å². The molecule has 2 aromatic rings. The number of nitrogens with zero attached hydrogens (tertiary/aromatic N) is 1. The van der Waals surface area contributed by atoms with Crippen LogP contribution in [0.1, 0.15) is 17.5 Å². The third-order valence-corrected chi connectivity index (χ3v) is 3.41. The summed E-state index contributed by atoms with van der Waals surface area (Å²) in [6.07, 6.45) is 0.816. The van der Waals surface area contributed by atoms with E-state index in [-0.39, 0.29) is 0 Å². The van der Waals surface area contributed by atoms with Gasteiger partial charge in [-0.25, -0.2) is 8.78 Å². The lowest BCUT2D eigenvalue weighted by Gasteiger charge is -2.25. The maximum absolute atomic E-state index is 13.8. The van der Waals surface area contributed by atoms with E-state index in [0.717, 1.165) is 24.7 Å². The quantitative estimate of drug-likeness (QED) is 0.880. The Morgan fingerprint density at radius 2 is 1.76 bits per heavy atom. The Morgan fingerprint density at radius 3 is 2.38 bits per heavy atom. The molecule has 0 amide bonds. The van der Waals surface area contributed by atoms with Gasteiger partial charge in [-0.1, -0.05) is 23.8 Å². The van der Waals surface area contributed by atoms with Crippen LogP contribution in [0.4, 0.5) is 14.5 Å². The zero-order chi connectivity index (χ0) is 15.2. The highest BCUT2D eigenvalue weighted by Crippen LogP contribution is 2.20. The van der Waals surface area contributed by atoms with Crippen molar-refractivity contribution in [1.29, 1.82) is 0 Å². The van der Waals surface area contributed by atoms with Crippen LogP contribution >= 0.6 is 0 Å². The minimum atomic E-state index is -0.555. The van der Waals surface area contributed by atoms with Crippen LogP contribution in [0.15, 0.2) is 42.5 Å². The van der Waals surface area contributed by atoms with E-state index in [1.54, 1.807) is 0 Å². The van der Waals surface area contributed by atoms with Gasteiger partial charge in [-0.3, -0.25) is 0 Å². The van der Waals surface area contributed by atoms with Crippen molar-refractivity contribution >= 4 is 5.69 Å². The summed E-state index contributed by atoms with van der Waals surface area (Å²) in [5.74, 6) is -1.07. The van der Waals surface area contributed by atoms with E-state index in [1.807, 2.05) is 31.2 Å². The Hall–Kier alpha value is -1.94. The molecule has 2 aromatic carbocycles. The summed E-state index contributed by atoms with van der Waals surface area (Å²) >= 11 is 0. The van der Waals surface area contributed by atoms with Crippen molar-refractivity contribution in [2.75, 3.05) is 18.0 Å². The summed E-state index contributed by atoms with van der Waals surface area (Å²) in [5.41, 5.74) is 8.24. The fraction of sp³-hybridized carbons (Fsp3) is 0.294. The lowest BCUT2D eigenvalue weighted by atomic mass is 10.1. The Balaban J connectivity index is 2.21. The van der Waals surface area contributed by atoms with Gasteiger partial charge in [0.05, 0.1) is 0 Å². The summed E-state index contributed by atoms with van der Waals surface area (Å²) < 4.78 is 26.8. The average Bonchev–Trinajstić information content (AvgIpc) is 2.46. The molecule has 0 aliphatic carbocycles. The van der Waals surface area contributed by atoms with Gasteiger partial charge in [0.1, 0.15) is 11.6 Å². The minimum Gasteiger partial charge on any atom is -0.367 e. The largest absolute Gasteiger partial charge is 0.367 e. The topological polar surface area (TPSA) is 29.3 Å². The maximum Gasteiger partial charge on any atom is 0.131 e. The van der Waals surface area contributed by atoms with Crippen molar-refractivity contribution in [2.45, 2.75) is 19.9 Å². The lowest BCUT2D eigenvalue weighted by Crippen LogP contribution is -2.26.